The van der Waals surface area contributed by atoms with Crippen molar-refractivity contribution >= 4 is 29.1 Å². The van der Waals surface area contributed by atoms with E-state index in [1.165, 1.54) is 0 Å². The number of hydrogen-bond donors (Lipinski definition) is 1. The van der Waals surface area contributed by atoms with Crippen LogP contribution in [0.25, 0.3) is 11.2 Å². The number of esters is 2. The Hall–Kier alpha value is -4.31. The van der Waals surface area contributed by atoms with Gasteiger partial charge >= 0.3 is 11.9 Å². The van der Waals surface area contributed by atoms with Gasteiger partial charge < -0.3 is 19.9 Å². The Balaban J connectivity index is 1.24. The van der Waals surface area contributed by atoms with Crippen molar-refractivity contribution in [2.24, 2.45) is 0 Å². The summed E-state index contributed by atoms with van der Waals surface area (Å²) < 4.78 is 18.0. The second kappa shape index (κ2) is 10.3. The number of carbonyl (C=O) groups is 2. The molecular formula is C23H21N5O5. The molecule has 0 saturated carbocycles. The standard InChI is InChI=1S/C23H21N5O5/c24-23-25-13-18-20(27-23)28(14-26-18)15-31-11-6-12-32-22(30)17-9-4-5-10-19(17)33-21(29)16-7-2-1-3-8-16/h1-5,7-10,13-14H,6,11-12,15H2,(H2,24,25,27). The summed E-state index contributed by atoms with van der Waals surface area (Å²) in [5, 5.41) is 0. The minimum Gasteiger partial charge on any atom is -0.462 e. The molecule has 0 radical (unpaired) electrons. The number of nitrogens with two attached hydrogens (primary N) is 1. The monoisotopic (exact) mass is 447 g/mol. The lowest BCUT2D eigenvalue weighted by Crippen LogP contribution is -2.14. The summed E-state index contributed by atoms with van der Waals surface area (Å²) in [6.45, 7) is 0.705. The molecule has 0 unspecified atom stereocenters. The fraction of sp³-hybridized carbons (Fsp3) is 0.174. The van der Waals surface area contributed by atoms with Crippen molar-refractivity contribution in [2.45, 2.75) is 13.2 Å². The third kappa shape index (κ3) is 5.49. The van der Waals surface area contributed by atoms with Gasteiger partial charge in [0.1, 0.15) is 23.6 Å². The van der Waals surface area contributed by atoms with Crippen LogP contribution in [0.5, 0.6) is 5.75 Å². The number of hydrogen-bond acceptors (Lipinski definition) is 9. The first kappa shape index (κ1) is 21.9. The first-order chi connectivity index (χ1) is 16.1. The number of nitrogens with zero attached hydrogens (tertiary/aromatic N) is 4. The average molecular weight is 447 g/mol. The Morgan fingerprint density at radius 2 is 1.73 bits per heavy atom. The summed E-state index contributed by atoms with van der Waals surface area (Å²) in [6.07, 6.45) is 3.61. The number of rotatable bonds is 9. The highest BCUT2D eigenvalue weighted by Gasteiger charge is 2.17. The molecule has 10 nitrogen and oxygen atoms in total. The van der Waals surface area contributed by atoms with Crippen LogP contribution in [0.4, 0.5) is 5.95 Å². The molecule has 2 heterocycles. The summed E-state index contributed by atoms with van der Waals surface area (Å²) in [4.78, 5) is 37.0. The third-order valence-electron chi connectivity index (χ3n) is 4.59. The lowest BCUT2D eigenvalue weighted by atomic mass is 10.2. The number of para-hydroxylation sites is 1. The van der Waals surface area contributed by atoms with E-state index < -0.39 is 11.9 Å². The summed E-state index contributed by atoms with van der Waals surface area (Å²) in [5.41, 5.74) is 7.37. The largest absolute Gasteiger partial charge is 0.462 e. The van der Waals surface area contributed by atoms with E-state index >= 15 is 0 Å². The van der Waals surface area contributed by atoms with Crippen molar-refractivity contribution in [1.29, 1.82) is 0 Å². The lowest BCUT2D eigenvalue weighted by Gasteiger charge is -2.10. The van der Waals surface area contributed by atoms with Crippen LogP contribution in [0.1, 0.15) is 27.1 Å². The fourth-order valence-corrected chi connectivity index (χ4v) is 2.99. The van der Waals surface area contributed by atoms with Crippen LogP contribution in [-0.2, 0) is 16.2 Å². The number of imidazole rings is 1. The molecule has 0 aliphatic heterocycles. The van der Waals surface area contributed by atoms with Gasteiger partial charge in [-0.3, -0.25) is 4.57 Å². The first-order valence-corrected chi connectivity index (χ1v) is 10.2. The summed E-state index contributed by atoms with van der Waals surface area (Å²) >= 11 is 0. The van der Waals surface area contributed by atoms with Crippen LogP contribution in [0, 0.1) is 0 Å². The lowest BCUT2D eigenvalue weighted by molar-refractivity contribution is 0.0374. The summed E-state index contributed by atoms with van der Waals surface area (Å²) in [5.74, 6) is -0.839. The molecule has 0 fully saturated rings. The minimum absolute atomic E-state index is 0.138. The van der Waals surface area contributed by atoms with Crippen molar-refractivity contribution in [3.63, 3.8) is 0 Å². The van der Waals surface area contributed by atoms with Crippen LogP contribution in [0.3, 0.4) is 0 Å². The van der Waals surface area contributed by atoms with Gasteiger partial charge in [0.15, 0.2) is 5.65 Å². The van der Waals surface area contributed by atoms with Gasteiger partial charge in [0.25, 0.3) is 0 Å². The van der Waals surface area contributed by atoms with Gasteiger partial charge in [-0.1, -0.05) is 30.3 Å². The smallest absolute Gasteiger partial charge is 0.343 e. The van der Waals surface area contributed by atoms with Crippen molar-refractivity contribution in [2.75, 3.05) is 18.9 Å². The molecule has 10 heteroatoms. The van der Waals surface area contributed by atoms with Gasteiger partial charge in [-0.25, -0.2) is 19.6 Å². The SMILES string of the molecule is Nc1ncc2ncn(COCCCOC(=O)c3ccccc3OC(=O)c3ccccc3)c2n1. The number of anilines is 1. The number of benzene rings is 2. The van der Waals surface area contributed by atoms with Crippen LogP contribution in [0.2, 0.25) is 0 Å². The zero-order chi connectivity index (χ0) is 23.0. The number of aromatic nitrogens is 4. The number of fused-ring (bicyclic) bond motifs is 1. The molecule has 4 aromatic rings. The Labute approximate surface area is 188 Å². The number of nitrogen functional groups attached to an aromatic ring is 1. The third-order valence-corrected chi connectivity index (χ3v) is 4.59. The Morgan fingerprint density at radius 1 is 0.939 bits per heavy atom. The molecule has 0 spiro atoms. The highest BCUT2D eigenvalue weighted by molar-refractivity contribution is 5.96. The second-order valence-electron chi connectivity index (χ2n) is 6.93. The van der Waals surface area contributed by atoms with E-state index in [-0.39, 0.29) is 30.6 Å². The normalized spacial score (nSPS) is 10.8. The maximum Gasteiger partial charge on any atom is 0.343 e. The molecule has 0 aliphatic rings. The number of carbonyl (C=O) groups excluding carboxylic acids is 2. The molecule has 0 bridgehead atoms. The molecule has 4 rings (SSSR count). The van der Waals surface area contributed by atoms with Gasteiger partial charge in [-0.05, 0) is 24.3 Å². The van der Waals surface area contributed by atoms with E-state index in [1.807, 2.05) is 0 Å². The predicted octanol–water partition coefficient (Wildman–Crippen LogP) is 2.85. The van der Waals surface area contributed by atoms with Crippen LogP contribution in [-0.4, -0.2) is 44.7 Å². The van der Waals surface area contributed by atoms with Gasteiger partial charge in [0, 0.05) is 6.42 Å². The maximum atomic E-state index is 12.5. The topological polar surface area (TPSA) is 131 Å². The van der Waals surface area contributed by atoms with Gasteiger partial charge in [-0.2, -0.15) is 4.98 Å². The molecule has 33 heavy (non-hydrogen) atoms. The van der Waals surface area contributed by atoms with E-state index in [4.69, 9.17) is 19.9 Å². The molecule has 0 atom stereocenters. The van der Waals surface area contributed by atoms with Crippen molar-refractivity contribution < 1.29 is 23.8 Å². The summed E-state index contributed by atoms with van der Waals surface area (Å²) in [7, 11) is 0. The molecule has 168 valence electrons. The Bertz CT molecular complexity index is 1260. The molecule has 0 saturated heterocycles. The summed E-state index contributed by atoms with van der Waals surface area (Å²) in [6, 6.07) is 15.0. The molecule has 2 aromatic heterocycles. The van der Waals surface area contributed by atoms with E-state index in [0.29, 0.717) is 29.8 Å². The maximum absolute atomic E-state index is 12.5. The van der Waals surface area contributed by atoms with Gasteiger partial charge in [0.05, 0.1) is 31.3 Å². The molecule has 0 amide bonds. The van der Waals surface area contributed by atoms with E-state index in [9.17, 15) is 9.59 Å². The predicted molar refractivity (Wildman–Crippen MR) is 118 cm³/mol. The minimum atomic E-state index is -0.584. The Morgan fingerprint density at radius 3 is 2.58 bits per heavy atom. The van der Waals surface area contributed by atoms with Crippen molar-refractivity contribution in [3.05, 3.63) is 78.2 Å². The molecule has 0 aliphatic carbocycles. The van der Waals surface area contributed by atoms with Crippen molar-refractivity contribution in [3.8, 4) is 5.75 Å². The fourth-order valence-electron chi connectivity index (χ4n) is 2.99. The van der Waals surface area contributed by atoms with Crippen molar-refractivity contribution in [1.82, 2.24) is 19.5 Å². The molecular weight excluding hydrogens is 426 g/mol. The van der Waals surface area contributed by atoms with Crippen LogP contribution >= 0.6 is 0 Å². The zero-order valence-electron chi connectivity index (χ0n) is 17.6. The molecule has 2 N–H and O–H groups in total. The average Bonchev–Trinajstić information content (AvgIpc) is 3.24. The second-order valence-corrected chi connectivity index (χ2v) is 6.93. The first-order valence-electron chi connectivity index (χ1n) is 10.2. The van der Waals surface area contributed by atoms with Gasteiger partial charge in [-0.15, -0.1) is 0 Å². The molecule has 2 aromatic carbocycles. The quantitative estimate of drug-likeness (QED) is 0.234. The zero-order valence-corrected chi connectivity index (χ0v) is 17.6. The van der Waals surface area contributed by atoms with E-state index in [0.717, 1.165) is 0 Å². The highest BCUT2D eigenvalue weighted by atomic mass is 16.5. The highest BCUT2D eigenvalue weighted by Crippen LogP contribution is 2.20. The van der Waals surface area contributed by atoms with E-state index in [1.54, 1.807) is 71.7 Å². The van der Waals surface area contributed by atoms with Crippen LogP contribution in [0.15, 0.2) is 67.1 Å². The van der Waals surface area contributed by atoms with E-state index in [2.05, 4.69) is 15.0 Å². The van der Waals surface area contributed by atoms with Crippen LogP contribution < -0.4 is 10.5 Å². The Kier molecular flexibility index (Phi) is 6.86. The van der Waals surface area contributed by atoms with Gasteiger partial charge in [0.2, 0.25) is 5.95 Å². The number of ether oxygens (including phenoxy) is 3.